The van der Waals surface area contributed by atoms with E-state index >= 15 is 0 Å². The first-order valence-corrected chi connectivity index (χ1v) is 8.71. The SMILES string of the molecule is CCO[C@@H]1C[C@](O)(CNC(=O)[C@H](C)S(C)(=O)=O)C1(C)C. The highest BCUT2D eigenvalue weighted by molar-refractivity contribution is 7.92. The summed E-state index contributed by atoms with van der Waals surface area (Å²) in [6, 6.07) is 0. The highest BCUT2D eigenvalue weighted by Crippen LogP contribution is 2.50. The summed E-state index contributed by atoms with van der Waals surface area (Å²) in [5.41, 5.74) is -1.55. The number of hydrogen-bond acceptors (Lipinski definition) is 5. The predicted molar refractivity (Wildman–Crippen MR) is 76.1 cm³/mol. The van der Waals surface area contributed by atoms with E-state index < -0.39 is 32.0 Å². The molecule has 1 amide bonds. The zero-order valence-corrected chi connectivity index (χ0v) is 13.6. The van der Waals surface area contributed by atoms with Crippen LogP contribution in [0.15, 0.2) is 0 Å². The van der Waals surface area contributed by atoms with E-state index in [0.717, 1.165) is 6.26 Å². The van der Waals surface area contributed by atoms with Crippen molar-refractivity contribution in [1.82, 2.24) is 5.32 Å². The molecule has 0 aromatic carbocycles. The van der Waals surface area contributed by atoms with Crippen LogP contribution in [-0.4, -0.2) is 55.8 Å². The molecule has 0 spiro atoms. The molecule has 20 heavy (non-hydrogen) atoms. The largest absolute Gasteiger partial charge is 0.387 e. The Bertz CT molecular complexity index is 473. The second-order valence-corrected chi connectivity index (χ2v) is 8.46. The summed E-state index contributed by atoms with van der Waals surface area (Å²) in [5, 5.41) is 11.9. The number of hydrogen-bond donors (Lipinski definition) is 2. The predicted octanol–water partition coefficient (Wildman–Crippen LogP) is 0.102. The van der Waals surface area contributed by atoms with Crippen molar-refractivity contribution in [1.29, 1.82) is 0 Å². The lowest BCUT2D eigenvalue weighted by molar-refractivity contribution is -0.238. The Morgan fingerprint density at radius 3 is 2.45 bits per heavy atom. The molecular formula is C13H25NO5S. The van der Waals surface area contributed by atoms with Gasteiger partial charge in [0.1, 0.15) is 5.25 Å². The second kappa shape index (κ2) is 5.61. The molecule has 0 heterocycles. The summed E-state index contributed by atoms with van der Waals surface area (Å²) in [5.74, 6) is -0.586. The van der Waals surface area contributed by atoms with Crippen LogP contribution in [0.25, 0.3) is 0 Å². The van der Waals surface area contributed by atoms with Gasteiger partial charge in [0.15, 0.2) is 9.84 Å². The Balaban J connectivity index is 2.61. The van der Waals surface area contributed by atoms with Crippen molar-refractivity contribution in [3.63, 3.8) is 0 Å². The van der Waals surface area contributed by atoms with Crippen molar-refractivity contribution >= 4 is 15.7 Å². The molecule has 0 aliphatic heterocycles. The molecule has 1 saturated carbocycles. The van der Waals surface area contributed by atoms with Crippen molar-refractivity contribution in [2.75, 3.05) is 19.4 Å². The van der Waals surface area contributed by atoms with Gasteiger partial charge < -0.3 is 15.2 Å². The number of carbonyl (C=O) groups excluding carboxylic acids is 1. The Hall–Kier alpha value is -0.660. The molecule has 7 heteroatoms. The van der Waals surface area contributed by atoms with Crippen molar-refractivity contribution < 1.29 is 23.1 Å². The van der Waals surface area contributed by atoms with Gasteiger partial charge in [-0.15, -0.1) is 0 Å². The molecule has 3 atom stereocenters. The zero-order valence-electron chi connectivity index (χ0n) is 12.8. The average molecular weight is 307 g/mol. The molecular weight excluding hydrogens is 282 g/mol. The van der Waals surface area contributed by atoms with E-state index in [1.807, 2.05) is 20.8 Å². The molecule has 1 fully saturated rings. The maximum Gasteiger partial charge on any atom is 0.238 e. The number of rotatable bonds is 6. The maximum atomic E-state index is 11.8. The summed E-state index contributed by atoms with van der Waals surface area (Å²) in [4.78, 5) is 11.8. The molecule has 0 unspecified atom stereocenters. The first-order valence-electron chi connectivity index (χ1n) is 6.76. The zero-order chi connectivity index (χ0) is 15.8. The van der Waals surface area contributed by atoms with Crippen LogP contribution in [-0.2, 0) is 19.4 Å². The van der Waals surface area contributed by atoms with Gasteiger partial charge in [0.05, 0.1) is 11.7 Å². The fourth-order valence-corrected chi connectivity index (χ4v) is 2.81. The van der Waals surface area contributed by atoms with Crippen molar-refractivity contribution in [2.45, 2.75) is 51.1 Å². The quantitative estimate of drug-likeness (QED) is 0.726. The average Bonchev–Trinajstić information content (AvgIpc) is 2.33. The molecule has 0 saturated heterocycles. The third-order valence-electron chi connectivity index (χ3n) is 4.46. The minimum Gasteiger partial charge on any atom is -0.387 e. The number of sulfone groups is 1. The summed E-state index contributed by atoms with van der Waals surface area (Å²) in [6.45, 7) is 7.59. The number of ether oxygens (including phenoxy) is 1. The molecule has 1 aliphatic carbocycles. The topological polar surface area (TPSA) is 92.7 Å². The fourth-order valence-electron chi connectivity index (χ4n) is 2.33. The second-order valence-electron chi connectivity index (χ2n) is 6.09. The lowest BCUT2D eigenvalue weighted by atomic mass is 9.56. The van der Waals surface area contributed by atoms with Gasteiger partial charge in [-0.1, -0.05) is 13.8 Å². The highest BCUT2D eigenvalue weighted by atomic mass is 32.2. The van der Waals surface area contributed by atoms with E-state index in [1.54, 1.807) is 0 Å². The Labute approximate surface area is 120 Å². The van der Waals surface area contributed by atoms with Crippen LogP contribution in [0, 0.1) is 5.41 Å². The van der Waals surface area contributed by atoms with Crippen LogP contribution < -0.4 is 5.32 Å². The van der Waals surface area contributed by atoms with Crippen molar-refractivity contribution in [2.24, 2.45) is 5.41 Å². The number of nitrogens with one attached hydrogen (secondary N) is 1. The first kappa shape index (κ1) is 17.4. The first-order chi connectivity index (χ1) is 8.95. The van der Waals surface area contributed by atoms with E-state index in [0.29, 0.717) is 13.0 Å². The van der Waals surface area contributed by atoms with E-state index in [4.69, 9.17) is 4.74 Å². The summed E-state index contributed by atoms with van der Waals surface area (Å²) in [7, 11) is -3.42. The van der Waals surface area contributed by atoms with E-state index in [-0.39, 0.29) is 12.6 Å². The molecule has 0 aromatic heterocycles. The molecule has 1 aliphatic rings. The summed E-state index contributed by atoms with van der Waals surface area (Å²) < 4.78 is 28.1. The minimum atomic E-state index is -3.42. The number of amides is 1. The number of carbonyl (C=O) groups is 1. The van der Waals surface area contributed by atoms with Gasteiger partial charge in [-0.2, -0.15) is 0 Å². The smallest absolute Gasteiger partial charge is 0.238 e. The minimum absolute atomic E-state index is 0.0300. The monoisotopic (exact) mass is 307 g/mol. The van der Waals surface area contributed by atoms with Gasteiger partial charge >= 0.3 is 0 Å². The van der Waals surface area contributed by atoms with Crippen molar-refractivity contribution in [3.05, 3.63) is 0 Å². The van der Waals surface area contributed by atoms with Gasteiger partial charge in [0.2, 0.25) is 5.91 Å². The molecule has 0 radical (unpaired) electrons. The number of aliphatic hydroxyl groups is 1. The molecule has 0 bridgehead atoms. The normalized spacial score (nSPS) is 30.4. The van der Waals surface area contributed by atoms with Crippen LogP contribution in [0.3, 0.4) is 0 Å². The summed E-state index contributed by atoms with van der Waals surface area (Å²) >= 11 is 0. The third-order valence-corrected chi connectivity index (χ3v) is 5.96. The maximum absolute atomic E-state index is 11.8. The van der Waals surface area contributed by atoms with Gasteiger partial charge in [-0.05, 0) is 13.8 Å². The van der Waals surface area contributed by atoms with E-state index in [2.05, 4.69) is 5.32 Å². The summed E-state index contributed by atoms with van der Waals surface area (Å²) in [6.07, 6.45) is 1.40. The van der Waals surface area contributed by atoms with Gasteiger partial charge in [0.25, 0.3) is 0 Å². The fraction of sp³-hybridized carbons (Fsp3) is 0.923. The molecule has 118 valence electrons. The van der Waals surface area contributed by atoms with Crippen molar-refractivity contribution in [3.8, 4) is 0 Å². The third kappa shape index (κ3) is 3.15. The van der Waals surface area contributed by atoms with Crippen LogP contribution in [0.2, 0.25) is 0 Å². The van der Waals surface area contributed by atoms with E-state index in [9.17, 15) is 18.3 Å². The van der Waals surface area contributed by atoms with Gasteiger partial charge in [-0.25, -0.2) is 8.42 Å². The Morgan fingerprint density at radius 2 is 2.05 bits per heavy atom. The Kier molecular flexibility index (Phi) is 4.88. The molecule has 0 aromatic rings. The van der Waals surface area contributed by atoms with Gasteiger partial charge in [-0.3, -0.25) is 4.79 Å². The Morgan fingerprint density at radius 1 is 1.50 bits per heavy atom. The van der Waals surface area contributed by atoms with Crippen LogP contribution in [0.1, 0.15) is 34.1 Å². The van der Waals surface area contributed by atoms with Gasteiger partial charge in [0, 0.05) is 31.2 Å². The van der Waals surface area contributed by atoms with Crippen LogP contribution >= 0.6 is 0 Å². The van der Waals surface area contributed by atoms with E-state index in [1.165, 1.54) is 6.92 Å². The molecule has 6 nitrogen and oxygen atoms in total. The highest BCUT2D eigenvalue weighted by Gasteiger charge is 2.60. The molecule has 2 N–H and O–H groups in total. The van der Waals surface area contributed by atoms with Crippen LogP contribution in [0.4, 0.5) is 0 Å². The molecule has 1 rings (SSSR count). The lowest BCUT2D eigenvalue weighted by Crippen LogP contribution is -2.69. The lowest BCUT2D eigenvalue weighted by Gasteiger charge is -2.58. The standard InChI is InChI=1S/C13H25NO5S/c1-6-19-10-7-13(16,12(10,3)4)8-14-11(15)9(2)20(5,17)18/h9-10,16H,6-8H2,1-5H3,(H,14,15)/t9-,10+,13-/m0/s1. The van der Waals surface area contributed by atoms with Crippen LogP contribution in [0.5, 0.6) is 0 Å².